The molecule has 0 amide bonds. The summed E-state index contributed by atoms with van der Waals surface area (Å²) < 4.78 is 1.18. The summed E-state index contributed by atoms with van der Waals surface area (Å²) in [5.74, 6) is -0.932. The molecule has 0 spiro atoms. The minimum absolute atomic E-state index is 0.216. The number of aliphatic carboxylic acids is 1. The van der Waals surface area contributed by atoms with Crippen molar-refractivity contribution in [2.24, 2.45) is 0 Å². The van der Waals surface area contributed by atoms with E-state index < -0.39 is 5.97 Å². The van der Waals surface area contributed by atoms with Gasteiger partial charge in [0.15, 0.2) is 0 Å². The first-order valence-electron chi connectivity index (χ1n) is 10.5. The molecule has 0 fully saturated rings. The van der Waals surface area contributed by atoms with Crippen LogP contribution in [0.15, 0.2) is 18.2 Å². The predicted molar refractivity (Wildman–Crippen MR) is 112 cm³/mol. The molecule has 1 rings (SSSR count). The largest absolute Gasteiger partial charge is 0.550 e. The van der Waals surface area contributed by atoms with Crippen LogP contribution in [-0.4, -0.2) is 25.6 Å². The Hall–Kier alpha value is -1.35. The second-order valence-electron chi connectivity index (χ2n) is 7.44. The fourth-order valence-electron chi connectivity index (χ4n) is 3.84. The molecule has 0 heterocycles. The van der Waals surface area contributed by atoms with Crippen LogP contribution in [0.25, 0.3) is 0 Å². The van der Waals surface area contributed by atoms with E-state index in [1.807, 2.05) is 6.92 Å². The zero-order chi connectivity index (χ0) is 20.0. The summed E-state index contributed by atoms with van der Waals surface area (Å²) in [6, 6.07) is 6.98. The minimum Gasteiger partial charge on any atom is -0.550 e. The number of carbonyl (C=O) groups is 1. The molecule has 0 aliphatic rings. The van der Waals surface area contributed by atoms with Crippen LogP contribution in [0.1, 0.15) is 83.8 Å². The Bertz CT molecular complexity index is 494. The molecule has 0 aliphatic carbocycles. The SMILES string of the molecule is CCCCCC(=O)[O-].CCC[N+](CCC)(CCC)c1ccc(C)cc1C. The van der Waals surface area contributed by atoms with Gasteiger partial charge >= 0.3 is 0 Å². The first-order valence-corrected chi connectivity index (χ1v) is 10.5. The lowest BCUT2D eigenvalue weighted by Crippen LogP contribution is -2.51. The molecular weight excluding hydrogens is 322 g/mol. The number of benzene rings is 1. The highest BCUT2D eigenvalue weighted by Crippen LogP contribution is 2.29. The van der Waals surface area contributed by atoms with E-state index in [9.17, 15) is 9.90 Å². The van der Waals surface area contributed by atoms with Gasteiger partial charge in [-0.15, -0.1) is 0 Å². The van der Waals surface area contributed by atoms with E-state index in [2.05, 4.69) is 52.8 Å². The Morgan fingerprint density at radius 2 is 1.42 bits per heavy atom. The van der Waals surface area contributed by atoms with Crippen LogP contribution < -0.4 is 9.59 Å². The molecule has 0 aromatic heterocycles. The van der Waals surface area contributed by atoms with E-state index in [1.165, 1.54) is 54.5 Å². The number of unbranched alkanes of at least 4 members (excludes halogenated alkanes) is 2. The van der Waals surface area contributed by atoms with Crippen molar-refractivity contribution in [2.75, 3.05) is 19.6 Å². The van der Waals surface area contributed by atoms with Crippen LogP contribution in [0, 0.1) is 13.8 Å². The quantitative estimate of drug-likeness (QED) is 0.402. The van der Waals surface area contributed by atoms with Gasteiger partial charge in [0, 0.05) is 11.5 Å². The number of nitrogens with zero attached hydrogens (tertiary/aromatic N) is 1. The Kier molecular flexibility index (Phi) is 13.1. The smallest absolute Gasteiger partial charge is 0.135 e. The highest BCUT2D eigenvalue weighted by Gasteiger charge is 2.29. The summed E-state index contributed by atoms with van der Waals surface area (Å²) in [7, 11) is 0. The van der Waals surface area contributed by atoms with E-state index >= 15 is 0 Å². The van der Waals surface area contributed by atoms with E-state index in [1.54, 1.807) is 5.69 Å². The number of hydrogen-bond acceptors (Lipinski definition) is 2. The highest BCUT2D eigenvalue weighted by atomic mass is 16.4. The molecule has 0 radical (unpaired) electrons. The normalized spacial score (nSPS) is 11.0. The molecule has 0 bridgehead atoms. The molecule has 150 valence electrons. The number of carboxylic acids is 1. The fraction of sp³-hybridized carbons (Fsp3) is 0.696. The van der Waals surface area contributed by atoms with E-state index in [4.69, 9.17) is 0 Å². The lowest BCUT2D eigenvalue weighted by atomic mass is 10.1. The second kappa shape index (κ2) is 13.8. The molecule has 3 heteroatoms. The van der Waals surface area contributed by atoms with Gasteiger partial charge in [-0.2, -0.15) is 0 Å². The lowest BCUT2D eigenvalue weighted by Gasteiger charge is -2.39. The van der Waals surface area contributed by atoms with Crippen LogP contribution >= 0.6 is 0 Å². The molecule has 0 unspecified atom stereocenters. The topological polar surface area (TPSA) is 40.1 Å². The summed E-state index contributed by atoms with van der Waals surface area (Å²) in [5, 5.41) is 9.76. The van der Waals surface area contributed by atoms with E-state index in [-0.39, 0.29) is 6.42 Å². The van der Waals surface area contributed by atoms with Gasteiger partial charge in [-0.25, -0.2) is 0 Å². The molecule has 0 N–H and O–H groups in total. The maximum atomic E-state index is 9.76. The number of quaternary nitrogens is 1. The number of rotatable bonds is 11. The van der Waals surface area contributed by atoms with Gasteiger partial charge in [-0.3, -0.25) is 4.48 Å². The highest BCUT2D eigenvalue weighted by molar-refractivity contribution is 5.64. The van der Waals surface area contributed by atoms with Gasteiger partial charge in [0.05, 0.1) is 19.6 Å². The minimum atomic E-state index is -0.932. The Morgan fingerprint density at radius 1 is 0.885 bits per heavy atom. The summed E-state index contributed by atoms with van der Waals surface area (Å²) in [6.45, 7) is 17.2. The summed E-state index contributed by atoms with van der Waals surface area (Å²) in [6.07, 6.45) is 6.81. The van der Waals surface area contributed by atoms with Crippen LogP contribution in [-0.2, 0) is 4.79 Å². The molecule has 0 saturated heterocycles. The van der Waals surface area contributed by atoms with Crippen molar-refractivity contribution in [1.29, 1.82) is 0 Å². The Labute approximate surface area is 162 Å². The summed E-state index contributed by atoms with van der Waals surface area (Å²) in [4.78, 5) is 9.76. The summed E-state index contributed by atoms with van der Waals surface area (Å²) >= 11 is 0. The molecule has 1 aromatic rings. The third kappa shape index (κ3) is 8.84. The maximum Gasteiger partial charge on any atom is 0.135 e. The fourth-order valence-corrected chi connectivity index (χ4v) is 3.84. The third-order valence-electron chi connectivity index (χ3n) is 4.80. The van der Waals surface area contributed by atoms with Gasteiger partial charge in [-0.05, 0) is 52.0 Å². The van der Waals surface area contributed by atoms with Crippen molar-refractivity contribution in [3.8, 4) is 0 Å². The van der Waals surface area contributed by atoms with Gasteiger partial charge in [-0.1, -0.05) is 58.2 Å². The van der Waals surface area contributed by atoms with Crippen LogP contribution in [0.5, 0.6) is 0 Å². The third-order valence-corrected chi connectivity index (χ3v) is 4.80. The zero-order valence-corrected chi connectivity index (χ0v) is 18.1. The van der Waals surface area contributed by atoms with Crippen LogP contribution in [0.2, 0.25) is 0 Å². The van der Waals surface area contributed by atoms with Gasteiger partial charge < -0.3 is 9.90 Å². The number of carbonyl (C=O) groups excluding carboxylic acids is 1. The van der Waals surface area contributed by atoms with Crippen molar-refractivity contribution >= 4 is 11.7 Å². The van der Waals surface area contributed by atoms with Gasteiger partial charge in [0.25, 0.3) is 0 Å². The van der Waals surface area contributed by atoms with Crippen LogP contribution in [0.3, 0.4) is 0 Å². The van der Waals surface area contributed by atoms with Crippen LogP contribution in [0.4, 0.5) is 5.69 Å². The van der Waals surface area contributed by atoms with Crippen molar-refractivity contribution in [1.82, 2.24) is 4.48 Å². The first-order chi connectivity index (χ1) is 12.4. The van der Waals surface area contributed by atoms with Crippen molar-refractivity contribution in [3.05, 3.63) is 29.3 Å². The molecular formula is C23H41NO2. The molecule has 1 aromatic carbocycles. The van der Waals surface area contributed by atoms with Crippen molar-refractivity contribution in [3.63, 3.8) is 0 Å². The van der Waals surface area contributed by atoms with Crippen molar-refractivity contribution in [2.45, 2.75) is 86.5 Å². The zero-order valence-electron chi connectivity index (χ0n) is 18.1. The number of aryl methyl sites for hydroxylation is 2. The van der Waals surface area contributed by atoms with Crippen molar-refractivity contribution < 1.29 is 9.90 Å². The van der Waals surface area contributed by atoms with E-state index in [0.717, 1.165) is 19.3 Å². The monoisotopic (exact) mass is 363 g/mol. The average Bonchev–Trinajstić information content (AvgIpc) is 2.56. The van der Waals surface area contributed by atoms with Gasteiger partial charge in [0.2, 0.25) is 0 Å². The molecule has 26 heavy (non-hydrogen) atoms. The first kappa shape index (κ1) is 24.7. The Balaban J connectivity index is 0.000000660. The summed E-state index contributed by atoms with van der Waals surface area (Å²) in [5.41, 5.74) is 4.38. The molecule has 3 nitrogen and oxygen atoms in total. The molecule has 0 saturated carbocycles. The number of carboxylic acid groups (broad SMARTS) is 1. The predicted octanol–water partition coefficient (Wildman–Crippen LogP) is 5.16. The number of hydrogen-bond donors (Lipinski definition) is 0. The lowest BCUT2D eigenvalue weighted by molar-refractivity contribution is -0.305. The maximum absolute atomic E-state index is 9.76. The molecule has 0 aliphatic heterocycles. The molecule has 0 atom stereocenters. The van der Waals surface area contributed by atoms with Gasteiger partial charge in [0.1, 0.15) is 5.69 Å². The Morgan fingerprint density at radius 3 is 1.81 bits per heavy atom. The van der Waals surface area contributed by atoms with E-state index in [0.29, 0.717) is 0 Å². The average molecular weight is 364 g/mol. The second-order valence-corrected chi connectivity index (χ2v) is 7.44. The standard InChI is InChI=1S/C17H30N.C6H12O2/c1-6-11-18(12-7-2,13-8-3)17-10-9-15(4)14-16(17)5;1-2-3-4-5-6(7)8/h9-10,14H,6-8,11-13H2,1-5H3;2-5H2,1H3,(H,7,8)/q+1;/p-1.